The minimum Gasteiger partial charge on any atom is -0.478 e. The molecule has 0 unspecified atom stereocenters. The fraction of sp³-hybridized carbons (Fsp3) is 0.143. The molecule has 0 spiro atoms. The third-order valence-corrected chi connectivity index (χ3v) is 2.78. The Hall–Kier alpha value is -2.56. The van der Waals surface area contributed by atoms with Crippen LogP contribution in [0.25, 0.3) is 0 Å². The molecule has 0 bridgehead atoms. The summed E-state index contributed by atoms with van der Waals surface area (Å²) in [6, 6.07) is 8.63. The van der Waals surface area contributed by atoms with Crippen molar-refractivity contribution in [3.8, 4) is 0 Å². The zero-order valence-electron chi connectivity index (χ0n) is 10.6. The summed E-state index contributed by atoms with van der Waals surface area (Å²) in [6.45, 7) is 1.96. The molecule has 0 aliphatic heterocycles. The number of benzene rings is 1. The largest absolute Gasteiger partial charge is 0.478 e. The molecule has 2 aromatic rings. The van der Waals surface area contributed by atoms with Crippen molar-refractivity contribution in [3.63, 3.8) is 0 Å². The van der Waals surface area contributed by atoms with Crippen LogP contribution in [0.2, 0.25) is 0 Å². The van der Waals surface area contributed by atoms with Crippen molar-refractivity contribution in [2.45, 2.75) is 6.92 Å². The highest BCUT2D eigenvalue weighted by Gasteiger charge is 2.19. The Morgan fingerprint density at radius 1 is 1.21 bits per heavy atom. The van der Waals surface area contributed by atoms with Crippen molar-refractivity contribution in [2.75, 3.05) is 11.9 Å². The average Bonchev–Trinajstić information content (AvgIpc) is 2.87. The lowest BCUT2D eigenvalue weighted by Gasteiger charge is -2.15. The molecule has 0 atom stereocenters. The summed E-state index contributed by atoms with van der Waals surface area (Å²) in [5.41, 5.74) is 1.76. The topological polar surface area (TPSA) is 70.8 Å². The van der Waals surface area contributed by atoms with Crippen molar-refractivity contribution >= 4 is 17.6 Å². The maximum atomic E-state index is 12.1. The Bertz CT molecular complexity index is 613. The van der Waals surface area contributed by atoms with Crippen LogP contribution in [0.5, 0.6) is 0 Å². The molecule has 1 aromatic heterocycles. The number of hydrogen-bond acceptors (Lipinski definition) is 3. The number of anilines is 1. The van der Waals surface area contributed by atoms with Gasteiger partial charge < -0.3 is 14.4 Å². The molecule has 5 nitrogen and oxygen atoms in total. The summed E-state index contributed by atoms with van der Waals surface area (Å²) in [7, 11) is 1.61. The number of rotatable bonds is 3. The minimum absolute atomic E-state index is 0.000440. The van der Waals surface area contributed by atoms with Gasteiger partial charge in [0, 0.05) is 18.8 Å². The van der Waals surface area contributed by atoms with Crippen LogP contribution in [-0.2, 0) is 0 Å². The summed E-state index contributed by atoms with van der Waals surface area (Å²) >= 11 is 0. The number of carboxylic acids is 1. The lowest BCUT2D eigenvalue weighted by atomic mass is 10.2. The lowest BCUT2D eigenvalue weighted by molar-refractivity contribution is 0.0696. The zero-order chi connectivity index (χ0) is 14.0. The van der Waals surface area contributed by atoms with Crippen molar-refractivity contribution in [1.82, 2.24) is 0 Å². The van der Waals surface area contributed by atoms with Gasteiger partial charge in [-0.2, -0.15) is 0 Å². The standard InChI is InChI=1S/C14H13NO4/c1-9-3-5-11(6-4-9)15(2)13(16)12-7-10(8-19-12)14(17)18/h3-8H,1-2H3,(H,17,18). The van der Waals surface area contributed by atoms with E-state index in [0.29, 0.717) is 5.69 Å². The van der Waals surface area contributed by atoms with Crippen molar-refractivity contribution in [3.05, 3.63) is 53.5 Å². The molecule has 2 rings (SSSR count). The van der Waals surface area contributed by atoms with E-state index >= 15 is 0 Å². The maximum absolute atomic E-state index is 12.1. The molecule has 19 heavy (non-hydrogen) atoms. The molecule has 0 radical (unpaired) electrons. The van der Waals surface area contributed by atoms with E-state index in [2.05, 4.69) is 0 Å². The van der Waals surface area contributed by atoms with Gasteiger partial charge in [-0.05, 0) is 19.1 Å². The molecule has 98 valence electrons. The third kappa shape index (κ3) is 2.65. The highest BCUT2D eigenvalue weighted by Crippen LogP contribution is 2.17. The van der Waals surface area contributed by atoms with Crippen LogP contribution in [0, 0.1) is 6.92 Å². The van der Waals surface area contributed by atoms with Crippen LogP contribution >= 0.6 is 0 Å². The quantitative estimate of drug-likeness (QED) is 0.919. The van der Waals surface area contributed by atoms with E-state index in [9.17, 15) is 9.59 Å². The predicted molar refractivity (Wildman–Crippen MR) is 69.6 cm³/mol. The fourth-order valence-electron chi connectivity index (χ4n) is 1.61. The highest BCUT2D eigenvalue weighted by atomic mass is 16.4. The van der Waals surface area contributed by atoms with Crippen LogP contribution in [0.15, 0.2) is 41.0 Å². The molecule has 0 aliphatic rings. The maximum Gasteiger partial charge on any atom is 0.338 e. The SMILES string of the molecule is Cc1ccc(N(C)C(=O)c2cc(C(=O)O)co2)cc1. The summed E-state index contributed by atoms with van der Waals surface area (Å²) in [5, 5.41) is 8.78. The number of aromatic carboxylic acids is 1. The Kier molecular flexibility index (Phi) is 3.37. The first-order valence-corrected chi connectivity index (χ1v) is 5.65. The number of furan rings is 1. The van der Waals surface area contributed by atoms with Crippen LogP contribution in [-0.4, -0.2) is 24.0 Å². The van der Waals surface area contributed by atoms with Gasteiger partial charge in [-0.25, -0.2) is 4.79 Å². The lowest BCUT2D eigenvalue weighted by Crippen LogP contribution is -2.25. The van der Waals surface area contributed by atoms with Gasteiger partial charge in [-0.1, -0.05) is 17.7 Å². The Balaban J connectivity index is 2.22. The van der Waals surface area contributed by atoms with Gasteiger partial charge in [0.25, 0.3) is 5.91 Å². The Morgan fingerprint density at radius 3 is 2.37 bits per heavy atom. The molecular weight excluding hydrogens is 246 g/mol. The van der Waals surface area contributed by atoms with Gasteiger partial charge in [0.1, 0.15) is 6.26 Å². The van der Waals surface area contributed by atoms with E-state index in [1.807, 2.05) is 31.2 Å². The monoisotopic (exact) mass is 259 g/mol. The molecule has 0 saturated heterocycles. The smallest absolute Gasteiger partial charge is 0.338 e. The average molecular weight is 259 g/mol. The number of amides is 1. The summed E-state index contributed by atoms with van der Waals surface area (Å²) in [4.78, 5) is 24.2. The predicted octanol–water partition coefficient (Wildman–Crippen LogP) is 2.56. The molecule has 0 fully saturated rings. The molecule has 1 amide bonds. The first kappa shape index (κ1) is 12.9. The molecule has 1 heterocycles. The van der Waals surface area contributed by atoms with Crippen molar-refractivity contribution in [2.24, 2.45) is 0 Å². The van der Waals surface area contributed by atoms with E-state index in [1.165, 1.54) is 11.0 Å². The van der Waals surface area contributed by atoms with Gasteiger partial charge in [0.2, 0.25) is 0 Å². The van der Waals surface area contributed by atoms with Crippen LogP contribution in [0.1, 0.15) is 26.5 Å². The van der Waals surface area contributed by atoms with Crippen LogP contribution in [0.4, 0.5) is 5.69 Å². The number of carbonyl (C=O) groups is 2. The molecular formula is C14H13NO4. The third-order valence-electron chi connectivity index (χ3n) is 2.78. The summed E-state index contributed by atoms with van der Waals surface area (Å²) in [6.07, 6.45) is 1.05. The van der Waals surface area contributed by atoms with Gasteiger partial charge in [0.15, 0.2) is 5.76 Å². The molecule has 0 saturated carbocycles. The summed E-state index contributed by atoms with van der Waals surface area (Å²) < 4.78 is 4.98. The van der Waals surface area contributed by atoms with E-state index in [0.717, 1.165) is 11.8 Å². The second kappa shape index (κ2) is 4.97. The first-order valence-electron chi connectivity index (χ1n) is 5.65. The van der Waals surface area contributed by atoms with Crippen LogP contribution in [0.3, 0.4) is 0 Å². The normalized spacial score (nSPS) is 10.2. The van der Waals surface area contributed by atoms with E-state index in [1.54, 1.807) is 7.05 Å². The van der Waals surface area contributed by atoms with Crippen molar-refractivity contribution < 1.29 is 19.1 Å². The number of aryl methyl sites for hydroxylation is 1. The van der Waals surface area contributed by atoms with Crippen LogP contribution < -0.4 is 4.90 Å². The zero-order valence-corrected chi connectivity index (χ0v) is 10.6. The number of carboxylic acid groups (broad SMARTS) is 1. The van der Waals surface area contributed by atoms with Gasteiger partial charge in [-0.3, -0.25) is 4.79 Å². The van der Waals surface area contributed by atoms with Crippen molar-refractivity contribution in [1.29, 1.82) is 0 Å². The number of nitrogens with zero attached hydrogens (tertiary/aromatic N) is 1. The van der Waals surface area contributed by atoms with E-state index in [4.69, 9.17) is 9.52 Å². The summed E-state index contributed by atoms with van der Waals surface area (Å²) in [5.74, 6) is -1.52. The van der Waals surface area contributed by atoms with E-state index in [-0.39, 0.29) is 11.3 Å². The van der Waals surface area contributed by atoms with Gasteiger partial charge in [0.05, 0.1) is 5.56 Å². The molecule has 1 aromatic carbocycles. The number of hydrogen-bond donors (Lipinski definition) is 1. The Morgan fingerprint density at radius 2 is 1.84 bits per heavy atom. The fourth-order valence-corrected chi connectivity index (χ4v) is 1.61. The van der Waals surface area contributed by atoms with Gasteiger partial charge >= 0.3 is 5.97 Å². The second-order valence-electron chi connectivity index (χ2n) is 4.20. The highest BCUT2D eigenvalue weighted by molar-refractivity contribution is 6.05. The molecule has 5 heteroatoms. The molecule has 1 N–H and O–H groups in total. The first-order chi connectivity index (χ1) is 8.99. The van der Waals surface area contributed by atoms with Gasteiger partial charge in [-0.15, -0.1) is 0 Å². The minimum atomic E-state index is -1.12. The molecule has 0 aliphatic carbocycles. The Labute approximate surface area is 110 Å². The van der Waals surface area contributed by atoms with E-state index < -0.39 is 11.9 Å². The second-order valence-corrected chi connectivity index (χ2v) is 4.20. The number of carbonyl (C=O) groups excluding carboxylic acids is 1.